The average molecular weight is 607 g/mol. The Labute approximate surface area is 223 Å². The van der Waals surface area contributed by atoms with Gasteiger partial charge in [-0.2, -0.15) is 17.5 Å². The number of carbonyl (C=O) groups excluding carboxylic acids is 1. The summed E-state index contributed by atoms with van der Waals surface area (Å²) < 4.78 is 118. The fourth-order valence-electron chi connectivity index (χ4n) is 4.15. The van der Waals surface area contributed by atoms with Crippen molar-refractivity contribution >= 4 is 23.9 Å². The summed E-state index contributed by atoms with van der Waals surface area (Å²) in [6, 6.07) is 4.40. The van der Waals surface area contributed by atoms with E-state index in [1.807, 2.05) is 0 Å². The third-order valence-electron chi connectivity index (χ3n) is 6.16. The van der Waals surface area contributed by atoms with Crippen LogP contribution in [0.4, 0.5) is 22.4 Å². The number of hydrogen-bond acceptors (Lipinski definition) is 9. The SMILES string of the molecule is CCOP(=O)(OCC)OCC(OC(=O)N1CCC2(CC1)CN(S(=O)(=O)c1ccc(F)cc1)CCO2)C(F)(F)F. The summed E-state index contributed by atoms with van der Waals surface area (Å²) in [7, 11) is -8.22. The van der Waals surface area contributed by atoms with Crippen molar-refractivity contribution in [3.05, 3.63) is 30.1 Å². The molecule has 1 amide bonds. The van der Waals surface area contributed by atoms with Crippen LogP contribution in [0, 0.1) is 5.82 Å². The average Bonchev–Trinajstić information content (AvgIpc) is 2.87. The van der Waals surface area contributed by atoms with Gasteiger partial charge in [-0.25, -0.2) is 22.2 Å². The molecule has 0 aromatic heterocycles. The van der Waals surface area contributed by atoms with Gasteiger partial charge in [0.1, 0.15) is 12.4 Å². The molecule has 1 atom stereocenters. The molecule has 0 aliphatic carbocycles. The van der Waals surface area contributed by atoms with Crippen molar-refractivity contribution in [1.82, 2.24) is 9.21 Å². The molecule has 0 radical (unpaired) electrons. The van der Waals surface area contributed by atoms with Crippen molar-refractivity contribution in [3.8, 4) is 0 Å². The zero-order chi connectivity index (χ0) is 28.9. The van der Waals surface area contributed by atoms with Gasteiger partial charge in [0.2, 0.25) is 16.1 Å². The fourth-order valence-corrected chi connectivity index (χ4v) is 6.82. The number of piperidine rings is 1. The number of halogens is 4. The van der Waals surface area contributed by atoms with Crippen LogP contribution in [0.15, 0.2) is 29.2 Å². The summed E-state index contributed by atoms with van der Waals surface area (Å²) >= 11 is 0. The second-order valence-electron chi connectivity index (χ2n) is 8.80. The number of rotatable bonds is 10. The van der Waals surface area contributed by atoms with Crippen molar-refractivity contribution in [3.63, 3.8) is 0 Å². The number of phosphoric acid groups is 1. The summed E-state index contributed by atoms with van der Waals surface area (Å²) in [6.45, 7) is 1.27. The first-order chi connectivity index (χ1) is 18.2. The maximum absolute atomic E-state index is 13.5. The minimum atomic E-state index is -5.03. The van der Waals surface area contributed by atoms with E-state index in [0.29, 0.717) is 0 Å². The van der Waals surface area contributed by atoms with Gasteiger partial charge in [-0.1, -0.05) is 0 Å². The summed E-state index contributed by atoms with van der Waals surface area (Å²) in [5.41, 5.74) is -0.962. The molecule has 1 aromatic rings. The van der Waals surface area contributed by atoms with Gasteiger partial charge in [-0.15, -0.1) is 0 Å². The maximum atomic E-state index is 13.5. The lowest BCUT2D eigenvalue weighted by atomic mass is 9.90. The second kappa shape index (κ2) is 12.8. The van der Waals surface area contributed by atoms with Gasteiger partial charge in [-0.3, -0.25) is 13.6 Å². The van der Waals surface area contributed by atoms with E-state index < -0.39 is 54.2 Å². The predicted molar refractivity (Wildman–Crippen MR) is 128 cm³/mol. The highest BCUT2D eigenvalue weighted by molar-refractivity contribution is 7.89. The Bertz CT molecular complexity index is 1120. The Morgan fingerprint density at radius 1 is 1.08 bits per heavy atom. The third kappa shape index (κ3) is 8.12. The van der Waals surface area contributed by atoms with E-state index in [-0.39, 0.29) is 63.7 Å². The number of amides is 1. The molecule has 222 valence electrons. The molecule has 0 bridgehead atoms. The number of hydrogen-bond donors (Lipinski definition) is 0. The topological polar surface area (TPSA) is 121 Å². The van der Waals surface area contributed by atoms with E-state index in [1.54, 1.807) is 0 Å². The molecule has 17 heteroatoms. The molecule has 1 aromatic carbocycles. The number of morpholine rings is 1. The minimum Gasteiger partial charge on any atom is -0.434 e. The molecule has 11 nitrogen and oxygen atoms in total. The Balaban J connectivity index is 1.61. The zero-order valence-electron chi connectivity index (χ0n) is 21.4. The highest BCUT2D eigenvalue weighted by atomic mass is 32.2. The molecule has 2 aliphatic heterocycles. The summed E-state index contributed by atoms with van der Waals surface area (Å²) in [4.78, 5) is 13.5. The molecule has 1 unspecified atom stereocenters. The van der Waals surface area contributed by atoms with Gasteiger partial charge < -0.3 is 14.4 Å². The second-order valence-corrected chi connectivity index (χ2v) is 12.4. The van der Waals surface area contributed by atoms with Crippen LogP contribution in [0.5, 0.6) is 0 Å². The standard InChI is InChI=1S/C22H31F4N2O9PS/c1-3-34-38(30,35-4-2)36-15-19(22(24,25)26)37-20(29)27-11-9-21(10-12-27)16-28(13-14-33-21)39(31,32)18-7-5-17(23)6-8-18/h5-8,19H,3-4,9-16H2,1-2H3. The minimum absolute atomic E-state index is 0.0429. The van der Waals surface area contributed by atoms with Crippen molar-refractivity contribution in [2.45, 2.75) is 49.5 Å². The van der Waals surface area contributed by atoms with Crippen LogP contribution in [-0.4, -0.2) is 94.2 Å². The summed E-state index contributed by atoms with van der Waals surface area (Å²) in [5.74, 6) is -0.580. The number of ether oxygens (including phenoxy) is 2. The highest BCUT2D eigenvalue weighted by Crippen LogP contribution is 2.49. The Hall–Kier alpha value is -1.81. The molecule has 0 N–H and O–H groups in total. The number of benzene rings is 1. The monoisotopic (exact) mass is 606 g/mol. The van der Waals surface area contributed by atoms with Crippen molar-refractivity contribution in [2.24, 2.45) is 0 Å². The Morgan fingerprint density at radius 2 is 1.67 bits per heavy atom. The predicted octanol–water partition coefficient (Wildman–Crippen LogP) is 3.95. The quantitative estimate of drug-likeness (QED) is 0.288. The van der Waals surface area contributed by atoms with Crippen LogP contribution in [0.25, 0.3) is 0 Å². The Morgan fingerprint density at radius 3 is 2.21 bits per heavy atom. The van der Waals surface area contributed by atoms with Crippen LogP contribution >= 0.6 is 7.82 Å². The molecule has 2 aliphatic rings. The van der Waals surface area contributed by atoms with Crippen molar-refractivity contribution in [2.75, 3.05) is 52.6 Å². The smallest absolute Gasteiger partial charge is 0.434 e. The first kappa shape index (κ1) is 31.7. The van der Waals surface area contributed by atoms with E-state index in [4.69, 9.17) is 18.3 Å². The van der Waals surface area contributed by atoms with Crippen LogP contribution in [0.3, 0.4) is 0 Å². The summed E-state index contributed by atoms with van der Waals surface area (Å²) in [6.07, 6.45) is -8.77. The third-order valence-corrected chi connectivity index (χ3v) is 9.64. The molecule has 1 spiro atoms. The van der Waals surface area contributed by atoms with Crippen LogP contribution in [0.1, 0.15) is 26.7 Å². The van der Waals surface area contributed by atoms with Crippen LogP contribution in [0.2, 0.25) is 0 Å². The number of nitrogens with zero attached hydrogens (tertiary/aromatic N) is 2. The van der Waals surface area contributed by atoms with Gasteiger partial charge >= 0.3 is 20.1 Å². The van der Waals surface area contributed by atoms with E-state index in [0.717, 1.165) is 29.2 Å². The van der Waals surface area contributed by atoms with E-state index in [9.17, 15) is 35.3 Å². The van der Waals surface area contributed by atoms with Gasteiger partial charge in [0.05, 0.1) is 30.3 Å². The van der Waals surface area contributed by atoms with Gasteiger partial charge in [0.15, 0.2) is 0 Å². The Kier molecular flexibility index (Phi) is 10.4. The number of alkyl halides is 3. The normalized spacial score (nSPS) is 19.7. The lowest BCUT2D eigenvalue weighted by Gasteiger charge is -2.46. The molecule has 2 fully saturated rings. The van der Waals surface area contributed by atoms with E-state index in [1.165, 1.54) is 18.2 Å². The van der Waals surface area contributed by atoms with Crippen molar-refractivity contribution < 1.29 is 58.4 Å². The first-order valence-corrected chi connectivity index (χ1v) is 15.1. The number of phosphoric ester groups is 1. The highest BCUT2D eigenvalue weighted by Gasteiger charge is 2.48. The molecular weight excluding hydrogens is 575 g/mol. The fraction of sp³-hybridized carbons (Fsp3) is 0.682. The zero-order valence-corrected chi connectivity index (χ0v) is 23.1. The molecule has 2 heterocycles. The summed E-state index contributed by atoms with van der Waals surface area (Å²) in [5, 5.41) is 0. The molecule has 0 saturated carbocycles. The lowest BCUT2D eigenvalue weighted by Crippen LogP contribution is -2.58. The number of carbonyl (C=O) groups is 1. The van der Waals surface area contributed by atoms with Crippen LogP contribution in [-0.2, 0) is 37.6 Å². The van der Waals surface area contributed by atoms with Gasteiger partial charge in [0, 0.05) is 26.2 Å². The van der Waals surface area contributed by atoms with Gasteiger partial charge in [-0.05, 0) is 51.0 Å². The molecule has 3 rings (SSSR count). The lowest BCUT2D eigenvalue weighted by molar-refractivity contribution is -0.214. The number of sulfonamides is 1. The number of likely N-dealkylation sites (tertiary alicyclic amines) is 1. The largest absolute Gasteiger partial charge is 0.474 e. The van der Waals surface area contributed by atoms with E-state index >= 15 is 0 Å². The van der Waals surface area contributed by atoms with Crippen LogP contribution < -0.4 is 0 Å². The molecular formula is C22H31F4N2O9PS. The first-order valence-electron chi connectivity index (χ1n) is 12.2. The molecule has 39 heavy (non-hydrogen) atoms. The van der Waals surface area contributed by atoms with Gasteiger partial charge in [0.25, 0.3) is 0 Å². The maximum Gasteiger partial charge on any atom is 0.474 e. The molecule has 2 saturated heterocycles. The van der Waals surface area contributed by atoms with Crippen molar-refractivity contribution in [1.29, 1.82) is 0 Å². The van der Waals surface area contributed by atoms with E-state index in [2.05, 4.69) is 4.74 Å².